The van der Waals surface area contributed by atoms with Gasteiger partial charge in [0, 0.05) is 11.3 Å². The first-order valence-electron chi connectivity index (χ1n) is 8.41. The zero-order chi connectivity index (χ0) is 18.9. The van der Waals surface area contributed by atoms with Crippen LogP contribution in [0.4, 0.5) is 17.1 Å². The van der Waals surface area contributed by atoms with Crippen LogP contribution >= 0.6 is 0 Å². The van der Waals surface area contributed by atoms with Crippen molar-refractivity contribution in [1.82, 2.24) is 0 Å². The number of hydrogen-bond donors (Lipinski definition) is 2. The van der Waals surface area contributed by atoms with Crippen LogP contribution in [0.25, 0.3) is 12.2 Å². The summed E-state index contributed by atoms with van der Waals surface area (Å²) >= 11 is 0. The molecule has 3 aromatic rings. The summed E-state index contributed by atoms with van der Waals surface area (Å²) in [5, 5.41) is 3.35. The third-order valence-electron chi connectivity index (χ3n) is 4.37. The smallest absolute Gasteiger partial charge is 0.261 e. The van der Waals surface area contributed by atoms with Gasteiger partial charge in [0.05, 0.1) is 23.4 Å². The third kappa shape index (κ3) is 3.39. The fourth-order valence-corrected chi connectivity index (χ4v) is 4.03. The van der Waals surface area contributed by atoms with E-state index in [4.69, 9.17) is 4.74 Å². The second-order valence-corrected chi connectivity index (χ2v) is 7.78. The molecule has 6 heteroatoms. The van der Waals surface area contributed by atoms with Gasteiger partial charge in [-0.1, -0.05) is 42.5 Å². The summed E-state index contributed by atoms with van der Waals surface area (Å²) in [6.07, 6.45) is 3.98. The van der Waals surface area contributed by atoms with E-state index >= 15 is 0 Å². The van der Waals surface area contributed by atoms with Crippen molar-refractivity contribution in [3.05, 3.63) is 77.9 Å². The van der Waals surface area contributed by atoms with Crippen LogP contribution in [0.5, 0.6) is 5.75 Å². The van der Waals surface area contributed by atoms with Gasteiger partial charge in [-0.25, -0.2) is 8.42 Å². The minimum atomic E-state index is -3.73. The van der Waals surface area contributed by atoms with Gasteiger partial charge in [-0.3, -0.25) is 4.72 Å². The van der Waals surface area contributed by atoms with Crippen LogP contribution in [-0.2, 0) is 10.0 Å². The Morgan fingerprint density at radius 3 is 2.33 bits per heavy atom. The van der Waals surface area contributed by atoms with E-state index in [0.717, 1.165) is 22.5 Å². The molecule has 27 heavy (non-hydrogen) atoms. The van der Waals surface area contributed by atoms with Crippen LogP contribution in [-0.4, -0.2) is 15.5 Å². The van der Waals surface area contributed by atoms with Gasteiger partial charge >= 0.3 is 0 Å². The molecule has 1 aliphatic heterocycles. The number of methoxy groups -OCH3 is 1. The van der Waals surface area contributed by atoms with Gasteiger partial charge in [-0.15, -0.1) is 0 Å². The molecule has 0 radical (unpaired) electrons. The molecule has 1 aliphatic rings. The van der Waals surface area contributed by atoms with Crippen molar-refractivity contribution in [3.8, 4) is 5.75 Å². The highest BCUT2D eigenvalue weighted by Gasteiger charge is 2.18. The van der Waals surface area contributed by atoms with Crippen LogP contribution in [0.1, 0.15) is 11.1 Å². The van der Waals surface area contributed by atoms with E-state index in [1.165, 1.54) is 19.2 Å². The number of sulfonamides is 1. The molecule has 0 fully saturated rings. The average Bonchev–Trinajstić information content (AvgIpc) is 2.88. The number of anilines is 3. The lowest BCUT2D eigenvalue weighted by Gasteiger charge is -2.16. The number of benzene rings is 3. The first-order chi connectivity index (χ1) is 13.1. The molecule has 1 heterocycles. The number of rotatable bonds is 4. The summed E-state index contributed by atoms with van der Waals surface area (Å²) in [7, 11) is -2.19. The highest BCUT2D eigenvalue weighted by molar-refractivity contribution is 7.92. The maximum Gasteiger partial charge on any atom is 0.261 e. The summed E-state index contributed by atoms with van der Waals surface area (Å²) in [4.78, 5) is 0.172. The number of hydrogen-bond acceptors (Lipinski definition) is 4. The molecule has 136 valence electrons. The van der Waals surface area contributed by atoms with Crippen molar-refractivity contribution in [2.24, 2.45) is 0 Å². The summed E-state index contributed by atoms with van der Waals surface area (Å²) < 4.78 is 33.4. The van der Waals surface area contributed by atoms with Gasteiger partial charge in [0.2, 0.25) is 0 Å². The molecule has 4 rings (SSSR count). The molecule has 5 nitrogen and oxygen atoms in total. The second-order valence-electron chi connectivity index (χ2n) is 6.10. The van der Waals surface area contributed by atoms with E-state index < -0.39 is 10.0 Å². The lowest BCUT2D eigenvalue weighted by molar-refractivity contribution is 0.414. The first kappa shape index (κ1) is 17.2. The van der Waals surface area contributed by atoms with Gasteiger partial charge in [0.15, 0.2) is 0 Å². The molecule has 0 unspecified atom stereocenters. The SMILES string of the molecule is COc1ccc(S(=O)(=O)Nc2cccc3c2Nc2ccccc2C=C3)cc1. The van der Waals surface area contributed by atoms with Crippen LogP contribution < -0.4 is 14.8 Å². The lowest BCUT2D eigenvalue weighted by Crippen LogP contribution is -2.14. The molecule has 3 aromatic carbocycles. The molecule has 0 saturated heterocycles. The van der Waals surface area contributed by atoms with Crippen LogP contribution in [0.3, 0.4) is 0 Å². The Bertz CT molecular complexity index is 1120. The van der Waals surface area contributed by atoms with E-state index in [0.29, 0.717) is 11.4 Å². The minimum absolute atomic E-state index is 0.172. The van der Waals surface area contributed by atoms with Gasteiger partial charge < -0.3 is 10.1 Å². The topological polar surface area (TPSA) is 67.4 Å². The molecule has 0 saturated carbocycles. The third-order valence-corrected chi connectivity index (χ3v) is 5.76. The normalized spacial score (nSPS) is 12.3. The van der Waals surface area contributed by atoms with E-state index in [1.807, 2.05) is 48.6 Å². The van der Waals surface area contributed by atoms with Crippen molar-refractivity contribution in [2.45, 2.75) is 4.90 Å². The molecule has 0 bridgehead atoms. The van der Waals surface area contributed by atoms with Gasteiger partial charge in [0.1, 0.15) is 5.75 Å². The number of nitrogens with one attached hydrogen (secondary N) is 2. The summed E-state index contributed by atoms with van der Waals surface area (Å²) in [5.41, 5.74) is 4.07. The minimum Gasteiger partial charge on any atom is -0.497 e. The Morgan fingerprint density at radius 1 is 0.852 bits per heavy atom. The Morgan fingerprint density at radius 2 is 1.56 bits per heavy atom. The predicted octanol–water partition coefficient (Wildman–Crippen LogP) is 4.72. The molecule has 0 spiro atoms. The van der Waals surface area contributed by atoms with Crippen LogP contribution in [0.2, 0.25) is 0 Å². The molecular weight excluding hydrogens is 360 g/mol. The fraction of sp³-hybridized carbons (Fsp3) is 0.0476. The monoisotopic (exact) mass is 378 g/mol. The molecule has 0 aliphatic carbocycles. The van der Waals surface area contributed by atoms with Crippen LogP contribution in [0.15, 0.2) is 71.6 Å². The largest absolute Gasteiger partial charge is 0.497 e. The first-order valence-corrected chi connectivity index (χ1v) is 9.89. The van der Waals surface area contributed by atoms with E-state index in [2.05, 4.69) is 10.0 Å². The Balaban J connectivity index is 1.71. The lowest BCUT2D eigenvalue weighted by atomic mass is 10.1. The van der Waals surface area contributed by atoms with Gasteiger partial charge in [-0.05, 0) is 42.0 Å². The molecule has 0 atom stereocenters. The summed E-state index contributed by atoms with van der Waals surface area (Å²) in [5.74, 6) is 0.603. The predicted molar refractivity (Wildman–Crippen MR) is 109 cm³/mol. The maximum absolute atomic E-state index is 12.8. The van der Waals surface area contributed by atoms with E-state index in [1.54, 1.807) is 18.2 Å². The number of para-hydroxylation sites is 2. The van der Waals surface area contributed by atoms with Crippen molar-refractivity contribution in [2.75, 3.05) is 17.1 Å². The van der Waals surface area contributed by atoms with Crippen molar-refractivity contribution in [1.29, 1.82) is 0 Å². The standard InChI is InChI=1S/C21H18N2O3S/c1-26-17-11-13-18(14-12-17)27(24,25)23-20-8-4-6-16-10-9-15-5-2-3-7-19(15)22-21(16)20/h2-14,22-23H,1H3. The zero-order valence-electron chi connectivity index (χ0n) is 14.6. The average molecular weight is 378 g/mol. The highest BCUT2D eigenvalue weighted by atomic mass is 32.2. The molecular formula is C21H18N2O3S. The van der Waals surface area contributed by atoms with Crippen molar-refractivity contribution >= 4 is 39.2 Å². The molecule has 0 amide bonds. The Hall–Kier alpha value is -3.25. The van der Waals surface area contributed by atoms with Crippen molar-refractivity contribution < 1.29 is 13.2 Å². The maximum atomic E-state index is 12.8. The fourth-order valence-electron chi connectivity index (χ4n) is 2.96. The number of fused-ring (bicyclic) bond motifs is 2. The van der Waals surface area contributed by atoms with Gasteiger partial charge in [0.25, 0.3) is 10.0 Å². The summed E-state index contributed by atoms with van der Waals surface area (Å²) in [6, 6.07) is 19.7. The molecule has 0 aromatic heterocycles. The van der Waals surface area contributed by atoms with Crippen molar-refractivity contribution in [3.63, 3.8) is 0 Å². The Labute approximate surface area is 158 Å². The van der Waals surface area contributed by atoms with Gasteiger partial charge in [-0.2, -0.15) is 0 Å². The Kier molecular flexibility index (Phi) is 4.33. The second kappa shape index (κ2) is 6.81. The molecule has 2 N–H and O–H groups in total. The quantitative estimate of drug-likeness (QED) is 0.539. The van der Waals surface area contributed by atoms with Crippen LogP contribution in [0, 0.1) is 0 Å². The summed E-state index contributed by atoms with van der Waals surface area (Å²) in [6.45, 7) is 0. The van der Waals surface area contributed by atoms with E-state index in [9.17, 15) is 8.42 Å². The van der Waals surface area contributed by atoms with E-state index in [-0.39, 0.29) is 4.90 Å². The number of ether oxygens (including phenoxy) is 1. The highest BCUT2D eigenvalue weighted by Crippen LogP contribution is 2.36. The zero-order valence-corrected chi connectivity index (χ0v) is 15.5.